The zero-order valence-electron chi connectivity index (χ0n) is 5.37. The van der Waals surface area contributed by atoms with E-state index in [0.717, 1.165) is 0 Å². The fraction of sp³-hybridized carbons (Fsp3) is 0.500. The molecule has 0 saturated carbocycles. The van der Waals surface area contributed by atoms with Crippen LogP contribution in [0, 0.1) is 0 Å². The zero-order chi connectivity index (χ0) is 8.85. The van der Waals surface area contributed by atoms with Gasteiger partial charge in [-0.15, -0.1) is 0 Å². The average Bonchev–Trinajstić information content (AvgIpc) is 2.13. The zero-order valence-corrected chi connectivity index (χ0v) is 7.53. The summed E-state index contributed by atoms with van der Waals surface area (Å²) in [5.41, 5.74) is 0. The van der Waals surface area contributed by atoms with E-state index in [1.54, 1.807) is 0 Å². The van der Waals surface area contributed by atoms with Gasteiger partial charge in [0.1, 0.15) is 0 Å². The highest BCUT2D eigenvalue weighted by molar-refractivity contribution is 6.01. The molecule has 0 atom stereocenters. The van der Waals surface area contributed by atoms with E-state index in [0.29, 0.717) is 12.8 Å². The Balaban J connectivity index is 0.000000218. The Bertz CT molecular complexity index is 142. The molecule has 0 radical (unpaired) electrons. The molecule has 0 aromatic heterocycles. The molecule has 1 rings (SSSR count). The van der Waals surface area contributed by atoms with Gasteiger partial charge in [-0.25, -0.2) is 0 Å². The van der Waals surface area contributed by atoms with Gasteiger partial charge in [-0.1, -0.05) is 0 Å². The number of halogens is 1. The number of imide groups is 1. The van der Waals surface area contributed by atoms with Crippen molar-refractivity contribution in [2.45, 2.75) is 12.8 Å². The summed E-state index contributed by atoms with van der Waals surface area (Å²) in [6.07, 6.45) is 0.748. The lowest BCUT2D eigenvalue weighted by Crippen LogP contribution is -3.98. The summed E-state index contributed by atoms with van der Waals surface area (Å²) in [7, 11) is 0. The fourth-order valence-corrected chi connectivity index (χ4v) is 0.508. The van der Waals surface area contributed by atoms with Crippen molar-refractivity contribution >= 4 is 11.8 Å². The van der Waals surface area contributed by atoms with Gasteiger partial charge in [-0.05, 0) is 3.44 Å². The number of hydrogen-bond acceptors (Lipinski definition) is 5. The largest absolute Gasteiger partial charge is 0.503 e. The summed E-state index contributed by atoms with van der Waals surface area (Å²) < 4.78 is 24.5. The van der Waals surface area contributed by atoms with Gasteiger partial charge in [-0.2, -0.15) is 0 Å². The predicted molar refractivity (Wildman–Crippen MR) is 24.6 cm³/mol. The molecule has 0 aliphatic carbocycles. The van der Waals surface area contributed by atoms with Crippen molar-refractivity contribution in [2.24, 2.45) is 0 Å². The minimum absolute atomic E-state index is 0.148. The van der Waals surface area contributed by atoms with Gasteiger partial charge in [0.05, 0.1) is 0 Å². The van der Waals surface area contributed by atoms with Crippen molar-refractivity contribution in [2.75, 3.05) is 0 Å². The molecule has 7 heteroatoms. The van der Waals surface area contributed by atoms with Gasteiger partial charge in [0, 0.05) is 12.8 Å². The molecule has 2 amide bonds. The van der Waals surface area contributed by atoms with Crippen LogP contribution in [0.3, 0.4) is 0 Å². The molecule has 1 fully saturated rings. The molecular weight excluding hydrogens is 269 g/mol. The maximum atomic E-state index is 10.1. The highest BCUT2D eigenvalue weighted by atomic mass is 127. The van der Waals surface area contributed by atoms with Crippen LogP contribution in [-0.2, 0) is 9.59 Å². The van der Waals surface area contributed by atoms with Crippen LogP contribution in [0.2, 0.25) is 0 Å². The lowest BCUT2D eigenvalue weighted by Gasteiger charge is -1.79. The number of carbonyl (C=O) groups is 2. The van der Waals surface area contributed by atoms with E-state index in [1.807, 2.05) is 0 Å². The normalized spacial score (nSPS) is 16.0. The highest BCUT2D eigenvalue weighted by Crippen LogP contribution is 1.95. The topological polar surface area (TPSA) is 113 Å². The molecule has 0 aromatic carbocycles. The van der Waals surface area contributed by atoms with Crippen LogP contribution in [0.25, 0.3) is 0 Å². The maximum Gasteiger partial charge on any atom is 0.503 e. The molecule has 64 valence electrons. The van der Waals surface area contributed by atoms with E-state index in [-0.39, 0.29) is 11.8 Å². The van der Waals surface area contributed by atoms with E-state index in [9.17, 15) is 9.59 Å². The number of amides is 2. The Kier molecular flexibility index (Phi) is 5.28. The first-order chi connectivity index (χ1) is 5.02. The second-order valence-electron chi connectivity index (χ2n) is 1.67. The SMILES string of the molecule is O=C1CCC(=O)N1.[O-][I+2]([O-])O. The summed E-state index contributed by atoms with van der Waals surface area (Å²) in [5.74, 6) is -0.296. The van der Waals surface area contributed by atoms with E-state index in [1.165, 1.54) is 0 Å². The molecule has 1 heterocycles. The molecule has 1 saturated heterocycles. The molecule has 1 aliphatic heterocycles. The van der Waals surface area contributed by atoms with Crippen molar-refractivity contribution in [3.05, 3.63) is 0 Å². The van der Waals surface area contributed by atoms with Gasteiger partial charge in [0.2, 0.25) is 11.8 Å². The number of nitrogens with one attached hydrogen (secondary N) is 1. The van der Waals surface area contributed by atoms with Crippen LogP contribution in [0.5, 0.6) is 0 Å². The van der Waals surface area contributed by atoms with Gasteiger partial charge < -0.3 is 6.87 Å². The van der Waals surface area contributed by atoms with Crippen molar-refractivity contribution < 1.29 is 41.0 Å². The highest BCUT2D eigenvalue weighted by Gasteiger charge is 2.15. The molecule has 11 heavy (non-hydrogen) atoms. The third-order valence-corrected chi connectivity index (χ3v) is 0.858. The third kappa shape index (κ3) is 7.65. The number of hydrogen-bond donors (Lipinski definition) is 2. The van der Waals surface area contributed by atoms with E-state index >= 15 is 0 Å². The Morgan fingerprint density at radius 3 is 1.64 bits per heavy atom. The maximum absolute atomic E-state index is 10.1. The van der Waals surface area contributed by atoms with Gasteiger partial charge >= 0.3 is 21.1 Å². The van der Waals surface area contributed by atoms with E-state index < -0.39 is 21.1 Å². The van der Waals surface area contributed by atoms with Crippen molar-refractivity contribution in [1.82, 2.24) is 5.32 Å². The predicted octanol–water partition coefficient (Wildman–Crippen LogP) is -6.51. The lowest BCUT2D eigenvalue weighted by atomic mass is 10.4. The summed E-state index contributed by atoms with van der Waals surface area (Å²) in [4.78, 5) is 20.2. The Morgan fingerprint density at radius 2 is 1.55 bits per heavy atom. The first kappa shape index (κ1) is 10.8. The van der Waals surface area contributed by atoms with Crippen LogP contribution in [-0.4, -0.2) is 15.3 Å². The molecule has 0 aromatic rings. The van der Waals surface area contributed by atoms with E-state index in [2.05, 4.69) is 5.32 Å². The Hall–Kier alpha value is -0.250. The minimum atomic E-state index is -3.76. The first-order valence-electron chi connectivity index (χ1n) is 2.59. The molecule has 6 nitrogen and oxygen atoms in total. The minimum Gasteiger partial charge on any atom is -0.396 e. The van der Waals surface area contributed by atoms with Crippen LogP contribution >= 0.6 is 0 Å². The number of carbonyl (C=O) groups excluding carboxylic acids is 2. The first-order valence-corrected chi connectivity index (χ1v) is 5.32. The van der Waals surface area contributed by atoms with Crippen molar-refractivity contribution in [3.8, 4) is 0 Å². The van der Waals surface area contributed by atoms with Crippen LogP contribution in [0.4, 0.5) is 0 Å². The Labute approximate surface area is 71.3 Å². The molecule has 0 bridgehead atoms. The van der Waals surface area contributed by atoms with Gasteiger partial charge in [-0.3, -0.25) is 14.9 Å². The summed E-state index contributed by atoms with van der Waals surface area (Å²) in [6, 6.07) is 0. The smallest absolute Gasteiger partial charge is 0.396 e. The quantitative estimate of drug-likeness (QED) is 0.337. The number of rotatable bonds is 0. The van der Waals surface area contributed by atoms with Gasteiger partial charge in [0.25, 0.3) is 0 Å². The summed E-state index contributed by atoms with van der Waals surface area (Å²) in [6.45, 7) is 0. The fourth-order valence-electron chi connectivity index (χ4n) is 0.508. The van der Waals surface area contributed by atoms with Crippen molar-refractivity contribution in [1.29, 1.82) is 0 Å². The standard InChI is InChI=1S/C4H5NO2.HIO3/c6-3-1-2-4(7)5-3;2-1(3)4/h1-2H2,(H,5,6,7);2H. The monoisotopic (exact) mass is 275 g/mol. The van der Waals surface area contributed by atoms with Gasteiger partial charge in [0.15, 0.2) is 0 Å². The van der Waals surface area contributed by atoms with Crippen LogP contribution in [0.15, 0.2) is 0 Å². The van der Waals surface area contributed by atoms with Crippen molar-refractivity contribution in [3.63, 3.8) is 0 Å². The second kappa shape index (κ2) is 5.41. The molecule has 2 N–H and O–H groups in total. The average molecular weight is 275 g/mol. The lowest BCUT2D eigenvalue weighted by molar-refractivity contribution is -1.63. The summed E-state index contributed by atoms with van der Waals surface area (Å²) >= 11 is -3.76. The second-order valence-corrected chi connectivity index (χ2v) is 2.82. The molecule has 1 aliphatic rings. The molecule has 0 unspecified atom stereocenters. The molecule has 0 spiro atoms. The molecular formula is C4H6INO5. The summed E-state index contributed by atoms with van der Waals surface area (Å²) in [5, 5.41) is 2.14. The van der Waals surface area contributed by atoms with Crippen LogP contribution < -0.4 is 33.3 Å². The Morgan fingerprint density at radius 1 is 1.27 bits per heavy atom. The third-order valence-electron chi connectivity index (χ3n) is 0.858. The van der Waals surface area contributed by atoms with Crippen LogP contribution in [0.1, 0.15) is 12.8 Å². The van der Waals surface area contributed by atoms with E-state index in [4.69, 9.17) is 10.3 Å².